The van der Waals surface area contributed by atoms with E-state index in [0.29, 0.717) is 5.56 Å². The quantitative estimate of drug-likeness (QED) is 0.803. The first kappa shape index (κ1) is 17.2. The van der Waals surface area contributed by atoms with Crippen LogP contribution in [0.3, 0.4) is 0 Å². The standard InChI is InChI=1S/C17H22N2O4/c1-17(2,3)23-16(22)19-10-14(20)15(21)12-6-4-5-11-7-8-18-9-13(11)12/h4-9,14-15,20-21H,10H2,1-3H3,(H,19,22). The molecule has 0 aliphatic carbocycles. The number of aromatic nitrogens is 1. The van der Waals surface area contributed by atoms with Crippen molar-refractivity contribution in [2.75, 3.05) is 6.54 Å². The molecule has 6 nitrogen and oxygen atoms in total. The summed E-state index contributed by atoms with van der Waals surface area (Å²) in [6.07, 6.45) is 0.371. The lowest BCUT2D eigenvalue weighted by Gasteiger charge is -2.22. The van der Waals surface area contributed by atoms with Crippen LogP contribution < -0.4 is 5.32 Å². The molecule has 0 bridgehead atoms. The van der Waals surface area contributed by atoms with E-state index in [1.807, 2.05) is 12.1 Å². The van der Waals surface area contributed by atoms with Crippen LogP contribution in [-0.4, -0.2) is 39.5 Å². The number of ether oxygens (including phenoxy) is 1. The topological polar surface area (TPSA) is 91.7 Å². The molecule has 2 atom stereocenters. The Kier molecular flexibility index (Phi) is 5.18. The molecule has 1 heterocycles. The fraction of sp³-hybridized carbons (Fsp3) is 0.412. The fourth-order valence-electron chi connectivity index (χ4n) is 2.22. The predicted octanol–water partition coefficient (Wildman–Crippen LogP) is 2.15. The minimum Gasteiger partial charge on any atom is -0.444 e. The van der Waals surface area contributed by atoms with E-state index in [1.54, 1.807) is 45.3 Å². The van der Waals surface area contributed by atoms with Crippen molar-refractivity contribution in [1.29, 1.82) is 0 Å². The minimum atomic E-state index is -1.16. The number of alkyl carbamates (subject to hydrolysis) is 1. The van der Waals surface area contributed by atoms with Gasteiger partial charge in [-0.25, -0.2) is 4.79 Å². The highest BCUT2D eigenvalue weighted by Gasteiger charge is 2.22. The second-order valence-corrected chi connectivity index (χ2v) is 6.34. The molecule has 124 valence electrons. The number of carbonyl (C=O) groups excluding carboxylic acids is 1. The molecular formula is C17H22N2O4. The summed E-state index contributed by atoms with van der Waals surface area (Å²) in [5.41, 5.74) is -0.0521. The van der Waals surface area contributed by atoms with Gasteiger partial charge in [0, 0.05) is 24.3 Å². The Labute approximate surface area is 135 Å². The zero-order valence-electron chi connectivity index (χ0n) is 13.5. The first-order valence-electron chi connectivity index (χ1n) is 7.43. The molecule has 0 aliphatic heterocycles. The lowest BCUT2D eigenvalue weighted by atomic mass is 9.99. The summed E-state index contributed by atoms with van der Waals surface area (Å²) in [6, 6.07) is 7.26. The molecule has 0 fully saturated rings. The number of aliphatic hydroxyl groups excluding tert-OH is 2. The Morgan fingerprint density at radius 2 is 2.04 bits per heavy atom. The van der Waals surface area contributed by atoms with Crippen LogP contribution in [0.25, 0.3) is 10.8 Å². The number of fused-ring (bicyclic) bond motifs is 1. The lowest BCUT2D eigenvalue weighted by molar-refractivity contribution is 0.0136. The van der Waals surface area contributed by atoms with Crippen LogP contribution in [0.2, 0.25) is 0 Å². The highest BCUT2D eigenvalue weighted by atomic mass is 16.6. The molecule has 6 heteroatoms. The summed E-state index contributed by atoms with van der Waals surface area (Å²) in [7, 11) is 0. The Bertz CT molecular complexity index is 676. The van der Waals surface area contributed by atoms with Gasteiger partial charge in [-0.2, -0.15) is 0 Å². The number of benzene rings is 1. The van der Waals surface area contributed by atoms with Crippen LogP contribution in [0, 0.1) is 0 Å². The van der Waals surface area contributed by atoms with Crippen LogP contribution in [0.4, 0.5) is 4.79 Å². The molecule has 1 amide bonds. The van der Waals surface area contributed by atoms with Gasteiger partial charge in [-0.1, -0.05) is 18.2 Å². The van der Waals surface area contributed by atoms with Crippen molar-refractivity contribution in [2.24, 2.45) is 0 Å². The molecule has 0 aliphatic rings. The molecule has 2 rings (SSSR count). The van der Waals surface area contributed by atoms with Crippen LogP contribution in [0.15, 0.2) is 36.7 Å². The average Bonchev–Trinajstić information content (AvgIpc) is 2.49. The minimum absolute atomic E-state index is 0.118. The smallest absolute Gasteiger partial charge is 0.407 e. The summed E-state index contributed by atoms with van der Waals surface area (Å²) in [6.45, 7) is 5.13. The maximum atomic E-state index is 11.6. The Morgan fingerprint density at radius 1 is 1.30 bits per heavy atom. The largest absolute Gasteiger partial charge is 0.444 e. The molecule has 0 saturated carbocycles. The van der Waals surface area contributed by atoms with Gasteiger partial charge in [0.1, 0.15) is 17.8 Å². The van der Waals surface area contributed by atoms with Crippen molar-refractivity contribution in [3.8, 4) is 0 Å². The number of nitrogens with one attached hydrogen (secondary N) is 1. The van der Waals surface area contributed by atoms with Gasteiger partial charge < -0.3 is 20.3 Å². The maximum Gasteiger partial charge on any atom is 0.407 e. The summed E-state index contributed by atoms with van der Waals surface area (Å²) in [4.78, 5) is 15.6. The number of pyridine rings is 1. The Morgan fingerprint density at radius 3 is 2.74 bits per heavy atom. The molecule has 0 radical (unpaired) electrons. The van der Waals surface area contributed by atoms with E-state index in [4.69, 9.17) is 4.74 Å². The molecule has 0 saturated heterocycles. The number of carbonyl (C=O) groups is 1. The first-order chi connectivity index (χ1) is 10.8. The number of amides is 1. The number of aliphatic hydroxyl groups is 2. The highest BCUT2D eigenvalue weighted by molar-refractivity contribution is 5.85. The zero-order chi connectivity index (χ0) is 17.0. The van der Waals surface area contributed by atoms with Gasteiger partial charge >= 0.3 is 6.09 Å². The van der Waals surface area contributed by atoms with Crippen LogP contribution >= 0.6 is 0 Å². The number of hydrogen-bond acceptors (Lipinski definition) is 5. The Balaban J connectivity index is 2.04. The number of hydrogen-bond donors (Lipinski definition) is 3. The summed E-state index contributed by atoms with van der Waals surface area (Å²) < 4.78 is 5.09. The molecule has 2 unspecified atom stereocenters. The normalized spacial score (nSPS) is 14.3. The first-order valence-corrected chi connectivity index (χ1v) is 7.43. The molecule has 3 N–H and O–H groups in total. The van der Waals surface area contributed by atoms with Crippen molar-refractivity contribution >= 4 is 16.9 Å². The molecule has 1 aromatic heterocycles. The zero-order valence-corrected chi connectivity index (χ0v) is 13.5. The third-order valence-electron chi connectivity index (χ3n) is 3.25. The van der Waals surface area contributed by atoms with Gasteiger partial charge in [0.2, 0.25) is 0 Å². The molecule has 2 aromatic rings. The highest BCUT2D eigenvalue weighted by Crippen LogP contribution is 2.25. The van der Waals surface area contributed by atoms with E-state index in [9.17, 15) is 15.0 Å². The van der Waals surface area contributed by atoms with Gasteiger partial charge in [-0.15, -0.1) is 0 Å². The van der Waals surface area contributed by atoms with E-state index < -0.39 is 23.9 Å². The SMILES string of the molecule is CC(C)(C)OC(=O)NCC(O)C(O)c1cccc2ccncc12. The third-order valence-corrected chi connectivity index (χ3v) is 3.25. The van der Waals surface area contributed by atoms with Crippen LogP contribution in [0.1, 0.15) is 32.4 Å². The van der Waals surface area contributed by atoms with Crippen molar-refractivity contribution < 1.29 is 19.7 Å². The van der Waals surface area contributed by atoms with E-state index in [0.717, 1.165) is 10.8 Å². The van der Waals surface area contributed by atoms with E-state index in [2.05, 4.69) is 10.3 Å². The van der Waals surface area contributed by atoms with Crippen molar-refractivity contribution in [2.45, 2.75) is 38.6 Å². The van der Waals surface area contributed by atoms with Gasteiger partial charge in [0.15, 0.2) is 0 Å². The molecular weight excluding hydrogens is 296 g/mol. The number of rotatable bonds is 4. The van der Waals surface area contributed by atoms with Crippen LogP contribution in [0.5, 0.6) is 0 Å². The molecule has 23 heavy (non-hydrogen) atoms. The second-order valence-electron chi connectivity index (χ2n) is 6.34. The van der Waals surface area contributed by atoms with Crippen molar-refractivity contribution in [1.82, 2.24) is 10.3 Å². The summed E-state index contributed by atoms with van der Waals surface area (Å²) in [5, 5.41) is 24.6. The monoisotopic (exact) mass is 318 g/mol. The van der Waals surface area contributed by atoms with Crippen LogP contribution in [-0.2, 0) is 4.74 Å². The van der Waals surface area contributed by atoms with E-state index >= 15 is 0 Å². The molecule has 0 spiro atoms. The van der Waals surface area contributed by atoms with Gasteiger partial charge in [-0.05, 0) is 37.8 Å². The lowest BCUT2D eigenvalue weighted by Crippen LogP contribution is -2.38. The van der Waals surface area contributed by atoms with Gasteiger partial charge in [0.05, 0.1) is 0 Å². The third kappa shape index (κ3) is 4.64. The summed E-state index contributed by atoms with van der Waals surface area (Å²) in [5.74, 6) is 0. The Hall–Kier alpha value is -2.18. The van der Waals surface area contributed by atoms with Crippen molar-refractivity contribution in [3.05, 3.63) is 42.2 Å². The summed E-state index contributed by atoms with van der Waals surface area (Å²) >= 11 is 0. The second kappa shape index (κ2) is 6.93. The number of nitrogens with zero attached hydrogens (tertiary/aromatic N) is 1. The molecule has 1 aromatic carbocycles. The van der Waals surface area contributed by atoms with Gasteiger partial charge in [0.25, 0.3) is 0 Å². The van der Waals surface area contributed by atoms with Gasteiger partial charge in [-0.3, -0.25) is 4.98 Å². The van der Waals surface area contributed by atoms with E-state index in [-0.39, 0.29) is 6.54 Å². The predicted molar refractivity (Wildman–Crippen MR) is 86.9 cm³/mol. The maximum absolute atomic E-state index is 11.6. The van der Waals surface area contributed by atoms with E-state index in [1.165, 1.54) is 0 Å². The fourth-order valence-corrected chi connectivity index (χ4v) is 2.22. The average molecular weight is 318 g/mol. The van der Waals surface area contributed by atoms with Crippen molar-refractivity contribution in [3.63, 3.8) is 0 Å².